The van der Waals surface area contributed by atoms with Crippen molar-refractivity contribution in [2.45, 2.75) is 25.7 Å². The van der Waals surface area contributed by atoms with E-state index in [0.29, 0.717) is 152 Å². The molecule has 0 aromatic rings. The van der Waals surface area contributed by atoms with Gasteiger partial charge in [0.1, 0.15) is 6.61 Å². The number of esters is 1. The average molecular weight is 719 g/mol. The Labute approximate surface area is 293 Å². The maximum Gasteiger partial charge on any atom is 0.330 e. The second-order valence-electron chi connectivity index (χ2n) is 9.82. The van der Waals surface area contributed by atoms with Gasteiger partial charge in [0.25, 0.3) is 0 Å². The lowest BCUT2D eigenvalue weighted by Crippen LogP contribution is -2.15. The third kappa shape index (κ3) is 43.0. The lowest BCUT2D eigenvalue weighted by atomic mass is 10.2. The molecule has 0 aromatic heterocycles. The average Bonchev–Trinajstić information content (AvgIpc) is 3.10. The van der Waals surface area contributed by atoms with Gasteiger partial charge < -0.3 is 61.6 Å². The number of rotatable bonds is 43. The summed E-state index contributed by atoms with van der Waals surface area (Å²) in [5.74, 6) is 0.280. The molecule has 0 rings (SSSR count). The van der Waals surface area contributed by atoms with Crippen molar-refractivity contribution >= 4 is 17.6 Å². The first-order valence-corrected chi connectivity index (χ1v) is 17.6. The minimum atomic E-state index is -0.460. The van der Waals surface area contributed by atoms with E-state index in [9.17, 15) is 4.79 Å². The Bertz CT molecular complexity index is 635. The van der Waals surface area contributed by atoms with Crippen LogP contribution in [0.2, 0.25) is 0 Å². The highest BCUT2D eigenvalue weighted by Gasteiger charge is 1.98. The van der Waals surface area contributed by atoms with Crippen LogP contribution in [-0.2, 0) is 66.4 Å². The van der Waals surface area contributed by atoms with Crippen molar-refractivity contribution in [1.29, 1.82) is 0 Å². The lowest BCUT2D eigenvalue weighted by molar-refractivity contribution is -0.139. The van der Waals surface area contributed by atoms with Crippen LogP contribution in [0.15, 0.2) is 12.7 Å². The van der Waals surface area contributed by atoms with Gasteiger partial charge in [-0.25, -0.2) is 4.79 Å². The summed E-state index contributed by atoms with van der Waals surface area (Å²) >= 11 is 5.65. The van der Waals surface area contributed by atoms with E-state index < -0.39 is 5.97 Å². The van der Waals surface area contributed by atoms with Gasteiger partial charge >= 0.3 is 5.97 Å². The van der Waals surface area contributed by atoms with E-state index in [1.165, 1.54) is 6.42 Å². The fourth-order valence-electron chi connectivity index (χ4n) is 3.43. The molecule has 286 valence electrons. The van der Waals surface area contributed by atoms with Crippen molar-refractivity contribution in [3.63, 3.8) is 0 Å². The van der Waals surface area contributed by atoms with Crippen molar-refractivity contribution in [3.8, 4) is 0 Å². The van der Waals surface area contributed by atoms with Gasteiger partial charge in [-0.3, -0.25) is 0 Å². The number of hydrogen-bond acceptors (Lipinski definition) is 14. The Morgan fingerprint density at radius 2 is 0.583 bits per heavy atom. The predicted molar refractivity (Wildman–Crippen MR) is 180 cm³/mol. The van der Waals surface area contributed by atoms with Crippen LogP contribution in [0, 0.1) is 0 Å². The number of unbranched alkanes of at least 4 members (excludes halogenated alkanes) is 3. The molecule has 0 saturated heterocycles. The largest absolute Gasteiger partial charge is 0.460 e. The van der Waals surface area contributed by atoms with Crippen molar-refractivity contribution in [2.24, 2.45) is 0 Å². The third-order valence-electron chi connectivity index (χ3n) is 5.90. The van der Waals surface area contributed by atoms with E-state index in [2.05, 4.69) is 6.58 Å². The van der Waals surface area contributed by atoms with Crippen LogP contribution in [0.3, 0.4) is 0 Å². The Kier molecular flexibility index (Phi) is 43.1. The van der Waals surface area contributed by atoms with Gasteiger partial charge in [-0.15, -0.1) is 11.6 Å². The standard InChI is InChI=1S/C33H63ClO14/c1-2-33(35)48-32-31-47-30-29-46-28-27-45-26-25-44-24-23-43-22-21-42-20-19-41-18-17-40-16-15-39-14-13-38-12-11-37-10-9-36-8-6-4-3-5-7-34/h2H,1,3-32H2. The molecule has 0 aliphatic heterocycles. The summed E-state index contributed by atoms with van der Waals surface area (Å²) in [6.45, 7) is 15.7. The van der Waals surface area contributed by atoms with Gasteiger partial charge in [0, 0.05) is 18.6 Å². The minimum absolute atomic E-state index is 0.197. The fourth-order valence-corrected chi connectivity index (χ4v) is 3.62. The minimum Gasteiger partial charge on any atom is -0.460 e. The molecule has 0 unspecified atom stereocenters. The summed E-state index contributed by atoms with van der Waals surface area (Å²) in [6, 6.07) is 0. The summed E-state index contributed by atoms with van der Waals surface area (Å²) in [7, 11) is 0. The highest BCUT2D eigenvalue weighted by atomic mass is 35.5. The van der Waals surface area contributed by atoms with Crippen LogP contribution in [0.25, 0.3) is 0 Å². The second-order valence-corrected chi connectivity index (χ2v) is 10.2. The number of ether oxygens (including phenoxy) is 13. The molecule has 0 amide bonds. The van der Waals surface area contributed by atoms with Crippen molar-refractivity contribution in [2.75, 3.05) is 171 Å². The van der Waals surface area contributed by atoms with Crippen molar-refractivity contribution in [1.82, 2.24) is 0 Å². The molecule has 0 radical (unpaired) electrons. The smallest absolute Gasteiger partial charge is 0.330 e. The molecular formula is C33H63ClO14. The zero-order chi connectivity index (χ0) is 34.7. The van der Waals surface area contributed by atoms with E-state index in [1.54, 1.807) is 0 Å². The van der Waals surface area contributed by atoms with E-state index >= 15 is 0 Å². The quantitative estimate of drug-likeness (QED) is 0.0395. The molecular weight excluding hydrogens is 656 g/mol. The highest BCUT2D eigenvalue weighted by Crippen LogP contribution is 2.01. The molecule has 0 aliphatic rings. The van der Waals surface area contributed by atoms with Crippen LogP contribution >= 0.6 is 11.6 Å². The third-order valence-corrected chi connectivity index (χ3v) is 6.17. The Morgan fingerprint density at radius 1 is 0.354 bits per heavy atom. The number of alkyl halides is 1. The summed E-state index contributed by atoms with van der Waals surface area (Å²) < 4.78 is 70.2. The van der Waals surface area contributed by atoms with Crippen LogP contribution < -0.4 is 0 Å². The molecule has 0 heterocycles. The Balaban J connectivity index is 3.05. The van der Waals surface area contributed by atoms with Gasteiger partial charge in [0.05, 0.1) is 152 Å². The van der Waals surface area contributed by atoms with Crippen molar-refractivity contribution in [3.05, 3.63) is 12.7 Å². The first-order chi connectivity index (χ1) is 23.8. The van der Waals surface area contributed by atoms with Gasteiger partial charge in [0.15, 0.2) is 0 Å². The van der Waals surface area contributed by atoms with Gasteiger partial charge in [-0.2, -0.15) is 0 Å². The van der Waals surface area contributed by atoms with Crippen LogP contribution in [0.4, 0.5) is 0 Å². The van der Waals surface area contributed by atoms with E-state index in [0.717, 1.165) is 37.8 Å². The molecule has 48 heavy (non-hydrogen) atoms. The lowest BCUT2D eigenvalue weighted by Gasteiger charge is -2.09. The summed E-state index contributed by atoms with van der Waals surface area (Å²) in [5, 5.41) is 0. The van der Waals surface area contributed by atoms with Crippen LogP contribution in [0.5, 0.6) is 0 Å². The number of hydrogen-bond donors (Lipinski definition) is 0. The molecule has 0 aromatic carbocycles. The number of carbonyl (C=O) groups excluding carboxylic acids is 1. The van der Waals surface area contributed by atoms with Crippen molar-refractivity contribution < 1.29 is 66.4 Å². The van der Waals surface area contributed by atoms with E-state index in [4.69, 9.17) is 73.2 Å². The first-order valence-electron chi connectivity index (χ1n) is 17.1. The van der Waals surface area contributed by atoms with Gasteiger partial charge in [0.2, 0.25) is 0 Å². The predicted octanol–water partition coefficient (Wildman–Crippen LogP) is 2.71. The molecule has 15 heteroatoms. The highest BCUT2D eigenvalue weighted by molar-refractivity contribution is 6.17. The molecule has 0 fully saturated rings. The molecule has 0 bridgehead atoms. The fraction of sp³-hybridized carbons (Fsp3) is 0.909. The normalized spacial score (nSPS) is 11.4. The van der Waals surface area contributed by atoms with E-state index in [1.807, 2.05) is 0 Å². The molecule has 0 aliphatic carbocycles. The van der Waals surface area contributed by atoms with Crippen LogP contribution in [0.1, 0.15) is 25.7 Å². The number of carbonyl (C=O) groups is 1. The van der Waals surface area contributed by atoms with Gasteiger partial charge in [-0.05, 0) is 12.8 Å². The molecule has 0 N–H and O–H groups in total. The Morgan fingerprint density at radius 3 is 0.833 bits per heavy atom. The summed E-state index contributed by atoms with van der Waals surface area (Å²) in [4.78, 5) is 10.8. The SMILES string of the molecule is C=CC(=O)OCCOCCOCCOCCOCCOCCOCCOCCOCCOCCOCCOCCOCCCCCCCl. The monoisotopic (exact) mass is 718 g/mol. The van der Waals surface area contributed by atoms with E-state index in [-0.39, 0.29) is 6.61 Å². The molecule has 0 saturated carbocycles. The zero-order valence-corrected chi connectivity index (χ0v) is 29.8. The number of halogens is 1. The molecule has 0 spiro atoms. The zero-order valence-electron chi connectivity index (χ0n) is 29.1. The van der Waals surface area contributed by atoms with Crippen LogP contribution in [-0.4, -0.2) is 177 Å². The molecule has 0 atom stereocenters. The van der Waals surface area contributed by atoms with Gasteiger partial charge in [-0.1, -0.05) is 19.4 Å². The first kappa shape index (κ1) is 47.0. The molecule has 14 nitrogen and oxygen atoms in total. The summed E-state index contributed by atoms with van der Waals surface area (Å²) in [5.41, 5.74) is 0. The topological polar surface area (TPSA) is 137 Å². The maximum absolute atomic E-state index is 10.8. The summed E-state index contributed by atoms with van der Waals surface area (Å²) in [6.07, 6.45) is 5.60. The second kappa shape index (κ2) is 44.0. The Hall–Kier alpha value is -0.980. The maximum atomic E-state index is 10.8.